The highest BCUT2D eigenvalue weighted by molar-refractivity contribution is 6.30. The summed E-state index contributed by atoms with van der Waals surface area (Å²) in [5, 5.41) is 0.671. The number of nitrogens with zero attached hydrogens (tertiary/aromatic N) is 1. The van der Waals surface area contributed by atoms with Gasteiger partial charge in [0.15, 0.2) is 5.78 Å². The van der Waals surface area contributed by atoms with E-state index >= 15 is 0 Å². The maximum atomic E-state index is 12.0. The molecule has 0 spiro atoms. The monoisotopic (exact) mass is 267 g/mol. The van der Waals surface area contributed by atoms with E-state index in [1.54, 1.807) is 24.3 Å². The number of carbonyl (C=O) groups excluding carboxylic acids is 1. The van der Waals surface area contributed by atoms with Crippen LogP contribution >= 0.6 is 11.6 Å². The van der Waals surface area contributed by atoms with E-state index in [-0.39, 0.29) is 5.78 Å². The Morgan fingerprint density at radius 3 is 2.39 bits per heavy atom. The molecule has 0 amide bonds. The van der Waals surface area contributed by atoms with E-state index in [2.05, 4.69) is 18.7 Å². The van der Waals surface area contributed by atoms with E-state index in [1.807, 2.05) is 0 Å². The van der Waals surface area contributed by atoms with Gasteiger partial charge in [-0.05, 0) is 43.8 Å². The van der Waals surface area contributed by atoms with Crippen LogP contribution in [-0.4, -0.2) is 30.3 Å². The summed E-state index contributed by atoms with van der Waals surface area (Å²) in [7, 11) is 0. The fourth-order valence-corrected chi connectivity index (χ4v) is 1.98. The van der Waals surface area contributed by atoms with Crippen LogP contribution in [0.2, 0.25) is 5.02 Å². The van der Waals surface area contributed by atoms with Crippen molar-refractivity contribution >= 4 is 17.4 Å². The summed E-state index contributed by atoms with van der Waals surface area (Å²) in [6, 6.07) is 7.13. The quantitative estimate of drug-likeness (QED) is 0.663. The van der Waals surface area contributed by atoms with Crippen LogP contribution in [-0.2, 0) is 0 Å². The molecule has 1 aromatic rings. The molecule has 0 atom stereocenters. The SMILES string of the molecule is CCCCN(CC)CCC(=O)c1ccc(Cl)cc1. The zero-order valence-electron chi connectivity index (χ0n) is 11.3. The summed E-state index contributed by atoms with van der Waals surface area (Å²) in [6.45, 7) is 7.27. The summed E-state index contributed by atoms with van der Waals surface area (Å²) in [4.78, 5) is 14.3. The third-order valence-corrected chi connectivity index (χ3v) is 3.35. The van der Waals surface area contributed by atoms with Crippen LogP contribution in [0.3, 0.4) is 0 Å². The van der Waals surface area contributed by atoms with Crippen molar-refractivity contribution in [2.24, 2.45) is 0 Å². The van der Waals surface area contributed by atoms with Crippen molar-refractivity contribution in [1.29, 1.82) is 0 Å². The Kier molecular flexibility index (Phi) is 6.99. The molecular weight excluding hydrogens is 246 g/mol. The Morgan fingerprint density at radius 2 is 1.83 bits per heavy atom. The second kappa shape index (κ2) is 8.28. The van der Waals surface area contributed by atoms with Crippen LogP contribution < -0.4 is 0 Å². The molecule has 0 saturated heterocycles. The minimum atomic E-state index is 0.196. The van der Waals surface area contributed by atoms with Gasteiger partial charge in [-0.1, -0.05) is 31.9 Å². The molecule has 0 fully saturated rings. The molecule has 1 aromatic carbocycles. The first kappa shape index (κ1) is 15.2. The van der Waals surface area contributed by atoms with Crippen molar-refractivity contribution in [1.82, 2.24) is 4.90 Å². The molecule has 18 heavy (non-hydrogen) atoms. The average molecular weight is 268 g/mol. The molecule has 2 nitrogen and oxygen atoms in total. The van der Waals surface area contributed by atoms with Crippen LogP contribution in [0.25, 0.3) is 0 Å². The van der Waals surface area contributed by atoms with Crippen molar-refractivity contribution in [2.45, 2.75) is 33.1 Å². The highest BCUT2D eigenvalue weighted by Gasteiger charge is 2.08. The maximum absolute atomic E-state index is 12.0. The molecule has 0 unspecified atom stereocenters. The van der Waals surface area contributed by atoms with Gasteiger partial charge in [-0.2, -0.15) is 0 Å². The van der Waals surface area contributed by atoms with Gasteiger partial charge in [0.2, 0.25) is 0 Å². The van der Waals surface area contributed by atoms with Gasteiger partial charge in [0.05, 0.1) is 0 Å². The van der Waals surface area contributed by atoms with Gasteiger partial charge in [0.25, 0.3) is 0 Å². The fourth-order valence-electron chi connectivity index (χ4n) is 1.85. The van der Waals surface area contributed by atoms with Crippen LogP contribution in [0.5, 0.6) is 0 Å². The summed E-state index contributed by atoms with van der Waals surface area (Å²) >= 11 is 5.80. The van der Waals surface area contributed by atoms with Crippen molar-refractivity contribution in [3.05, 3.63) is 34.9 Å². The predicted molar refractivity (Wildman–Crippen MR) is 77.4 cm³/mol. The number of halogens is 1. The minimum absolute atomic E-state index is 0.196. The third-order valence-electron chi connectivity index (χ3n) is 3.10. The lowest BCUT2D eigenvalue weighted by Gasteiger charge is -2.19. The lowest BCUT2D eigenvalue weighted by Crippen LogP contribution is -2.27. The van der Waals surface area contributed by atoms with Crippen molar-refractivity contribution < 1.29 is 4.79 Å². The van der Waals surface area contributed by atoms with E-state index in [0.717, 1.165) is 25.2 Å². The van der Waals surface area contributed by atoms with Crippen molar-refractivity contribution in [3.8, 4) is 0 Å². The summed E-state index contributed by atoms with van der Waals surface area (Å²) < 4.78 is 0. The van der Waals surface area contributed by atoms with E-state index < -0.39 is 0 Å². The van der Waals surface area contributed by atoms with Crippen LogP contribution in [0.1, 0.15) is 43.5 Å². The normalized spacial score (nSPS) is 10.9. The number of hydrogen-bond acceptors (Lipinski definition) is 2. The van der Waals surface area contributed by atoms with Crippen LogP contribution in [0, 0.1) is 0 Å². The Labute approximate surface area is 115 Å². The van der Waals surface area contributed by atoms with Gasteiger partial charge in [0.1, 0.15) is 0 Å². The highest BCUT2D eigenvalue weighted by Crippen LogP contribution is 2.11. The summed E-state index contributed by atoms with van der Waals surface area (Å²) in [5.41, 5.74) is 0.756. The fraction of sp³-hybridized carbons (Fsp3) is 0.533. The Hall–Kier alpha value is -0.860. The van der Waals surface area contributed by atoms with Gasteiger partial charge in [-0.25, -0.2) is 0 Å². The topological polar surface area (TPSA) is 20.3 Å². The molecule has 0 saturated carbocycles. The smallest absolute Gasteiger partial charge is 0.164 e. The molecular formula is C15H22ClNO. The Bertz CT molecular complexity index is 361. The summed E-state index contributed by atoms with van der Waals surface area (Å²) in [5.74, 6) is 0.196. The second-order valence-corrected chi connectivity index (χ2v) is 4.90. The van der Waals surface area contributed by atoms with Gasteiger partial charge in [0, 0.05) is 23.6 Å². The number of hydrogen-bond donors (Lipinski definition) is 0. The molecule has 1 rings (SSSR count). The van der Waals surface area contributed by atoms with E-state index in [0.29, 0.717) is 11.4 Å². The van der Waals surface area contributed by atoms with Crippen molar-refractivity contribution in [2.75, 3.05) is 19.6 Å². The van der Waals surface area contributed by atoms with Gasteiger partial charge in [-0.3, -0.25) is 4.79 Å². The first-order valence-corrected chi connectivity index (χ1v) is 7.06. The number of ketones is 1. The lowest BCUT2D eigenvalue weighted by molar-refractivity contribution is 0.0965. The molecule has 100 valence electrons. The van der Waals surface area contributed by atoms with Gasteiger partial charge in [-0.15, -0.1) is 0 Å². The standard InChI is InChI=1S/C15H22ClNO/c1-3-5-11-17(4-2)12-10-15(18)13-6-8-14(16)9-7-13/h6-9H,3-5,10-12H2,1-2H3. The first-order chi connectivity index (χ1) is 8.67. The minimum Gasteiger partial charge on any atom is -0.303 e. The van der Waals surface area contributed by atoms with E-state index in [1.165, 1.54) is 12.8 Å². The molecule has 0 heterocycles. The highest BCUT2D eigenvalue weighted by atomic mass is 35.5. The van der Waals surface area contributed by atoms with E-state index in [4.69, 9.17) is 11.6 Å². The van der Waals surface area contributed by atoms with Gasteiger partial charge >= 0.3 is 0 Å². The second-order valence-electron chi connectivity index (χ2n) is 4.47. The molecule has 0 radical (unpaired) electrons. The zero-order chi connectivity index (χ0) is 13.4. The molecule has 0 aliphatic carbocycles. The maximum Gasteiger partial charge on any atom is 0.164 e. The average Bonchev–Trinajstić information content (AvgIpc) is 2.39. The lowest BCUT2D eigenvalue weighted by atomic mass is 10.1. The molecule has 3 heteroatoms. The van der Waals surface area contributed by atoms with Crippen LogP contribution in [0.15, 0.2) is 24.3 Å². The largest absolute Gasteiger partial charge is 0.303 e. The number of Topliss-reactive ketones (excluding diaryl/α,β-unsaturated/α-hetero) is 1. The zero-order valence-corrected chi connectivity index (χ0v) is 12.0. The molecule has 0 bridgehead atoms. The summed E-state index contributed by atoms with van der Waals surface area (Å²) in [6.07, 6.45) is 2.98. The van der Waals surface area contributed by atoms with Crippen LogP contribution in [0.4, 0.5) is 0 Å². The molecule has 0 aromatic heterocycles. The van der Waals surface area contributed by atoms with Gasteiger partial charge < -0.3 is 4.90 Å². The Morgan fingerprint density at radius 1 is 1.17 bits per heavy atom. The van der Waals surface area contributed by atoms with E-state index in [9.17, 15) is 4.79 Å². The number of rotatable bonds is 8. The third kappa shape index (κ3) is 5.19. The molecule has 0 aliphatic heterocycles. The first-order valence-electron chi connectivity index (χ1n) is 6.68. The Balaban J connectivity index is 2.42. The number of unbranched alkanes of at least 4 members (excludes halogenated alkanes) is 1. The number of benzene rings is 1. The molecule has 0 aliphatic rings. The molecule has 0 N–H and O–H groups in total. The predicted octanol–water partition coefficient (Wildman–Crippen LogP) is 4.03. The number of carbonyl (C=O) groups is 1. The van der Waals surface area contributed by atoms with Crippen molar-refractivity contribution in [3.63, 3.8) is 0 Å².